The van der Waals surface area contributed by atoms with Crippen LogP contribution in [0.2, 0.25) is 0 Å². The number of rotatable bonds is 4. The molecule has 0 fully saturated rings. The molecule has 0 saturated carbocycles. The Morgan fingerprint density at radius 2 is 2.04 bits per heavy atom. The Kier molecular flexibility index (Phi) is 4.05. The van der Waals surface area contributed by atoms with Crippen LogP contribution < -0.4 is 15.2 Å². The van der Waals surface area contributed by atoms with Gasteiger partial charge in [-0.3, -0.25) is 24.5 Å². The maximum atomic E-state index is 12.4. The monoisotopic (exact) mass is 343 g/mol. The molecule has 1 aromatic heterocycles. The van der Waals surface area contributed by atoms with E-state index in [0.717, 1.165) is 22.9 Å². The summed E-state index contributed by atoms with van der Waals surface area (Å²) in [5.74, 6) is -0.185. The van der Waals surface area contributed by atoms with Crippen molar-refractivity contribution >= 4 is 23.1 Å². The quantitative estimate of drug-likeness (QED) is 0.465. The molecule has 9 nitrogen and oxygen atoms in total. The lowest BCUT2D eigenvalue weighted by atomic mass is 10.1. The molecule has 0 N–H and O–H groups in total. The van der Waals surface area contributed by atoms with Crippen molar-refractivity contribution in [2.75, 3.05) is 18.6 Å². The normalized spacial score (nSPS) is 13.2. The third kappa shape index (κ3) is 3.11. The number of hydrogen-bond acceptors (Lipinski definition) is 6. The van der Waals surface area contributed by atoms with Crippen LogP contribution in [0.5, 0.6) is 5.75 Å². The van der Waals surface area contributed by atoms with Gasteiger partial charge in [-0.2, -0.15) is 0 Å². The summed E-state index contributed by atoms with van der Waals surface area (Å²) in [6, 6.07) is 6.71. The molecule has 3 rings (SSSR count). The topological polar surface area (TPSA) is 112 Å². The fourth-order valence-electron chi connectivity index (χ4n) is 2.44. The molecule has 2 aromatic rings. The van der Waals surface area contributed by atoms with Crippen LogP contribution in [0.15, 0.2) is 41.3 Å². The molecule has 1 aromatic carbocycles. The van der Waals surface area contributed by atoms with Crippen LogP contribution in [0.1, 0.15) is 10.4 Å². The third-order valence-electron chi connectivity index (χ3n) is 3.86. The Hall–Kier alpha value is -3.49. The van der Waals surface area contributed by atoms with Crippen LogP contribution in [-0.2, 0) is 11.3 Å². The van der Waals surface area contributed by atoms with E-state index in [4.69, 9.17) is 4.74 Å². The summed E-state index contributed by atoms with van der Waals surface area (Å²) < 4.78 is 6.27. The molecule has 1 aliphatic heterocycles. The second kappa shape index (κ2) is 6.19. The van der Waals surface area contributed by atoms with Gasteiger partial charge in [-0.25, -0.2) is 0 Å². The number of Topliss-reactive ketones (excluding diaryl/α,β-unsaturated/α-hetero) is 1. The Bertz CT molecular complexity index is 949. The Balaban J connectivity index is 1.90. The zero-order chi connectivity index (χ0) is 18.1. The zero-order valence-electron chi connectivity index (χ0n) is 13.2. The number of nitro groups is 1. The summed E-state index contributed by atoms with van der Waals surface area (Å²) in [5.41, 5.74) is -0.0834. The van der Waals surface area contributed by atoms with E-state index >= 15 is 0 Å². The molecule has 25 heavy (non-hydrogen) atoms. The van der Waals surface area contributed by atoms with Gasteiger partial charge in [0.1, 0.15) is 5.75 Å². The highest BCUT2D eigenvalue weighted by atomic mass is 16.6. The highest BCUT2D eigenvalue weighted by molar-refractivity contribution is 6.01. The van der Waals surface area contributed by atoms with E-state index < -0.39 is 16.3 Å². The van der Waals surface area contributed by atoms with Crippen LogP contribution in [0.3, 0.4) is 0 Å². The SMILES string of the molecule is CN1C(=O)COc2ccc(C(=O)Cn3cc([N+](=O)[O-])ccc3=O)cc21. The maximum absolute atomic E-state index is 12.4. The summed E-state index contributed by atoms with van der Waals surface area (Å²) in [4.78, 5) is 47.5. The van der Waals surface area contributed by atoms with E-state index in [9.17, 15) is 24.5 Å². The van der Waals surface area contributed by atoms with Crippen LogP contribution in [0.4, 0.5) is 11.4 Å². The number of pyridine rings is 1. The van der Waals surface area contributed by atoms with Crippen molar-refractivity contribution in [2.24, 2.45) is 0 Å². The minimum Gasteiger partial charge on any atom is -0.482 e. The number of carbonyl (C=O) groups is 2. The fourth-order valence-corrected chi connectivity index (χ4v) is 2.44. The molecule has 0 aliphatic carbocycles. The average Bonchev–Trinajstić information content (AvgIpc) is 2.59. The number of carbonyl (C=O) groups excluding carboxylic acids is 2. The summed E-state index contributed by atoms with van der Waals surface area (Å²) in [5, 5.41) is 10.8. The van der Waals surface area contributed by atoms with Crippen LogP contribution in [-0.4, -0.2) is 34.8 Å². The number of fused-ring (bicyclic) bond motifs is 1. The van der Waals surface area contributed by atoms with Gasteiger partial charge in [0.2, 0.25) is 0 Å². The van der Waals surface area contributed by atoms with Gasteiger partial charge in [0.05, 0.1) is 23.4 Å². The summed E-state index contributed by atoms with van der Waals surface area (Å²) >= 11 is 0. The fraction of sp³-hybridized carbons (Fsp3) is 0.188. The average molecular weight is 343 g/mol. The number of aromatic nitrogens is 1. The van der Waals surface area contributed by atoms with Gasteiger partial charge in [-0.15, -0.1) is 0 Å². The van der Waals surface area contributed by atoms with Crippen molar-refractivity contribution in [3.05, 3.63) is 62.6 Å². The number of ether oxygens (including phenoxy) is 1. The predicted molar refractivity (Wildman–Crippen MR) is 87.0 cm³/mol. The second-order valence-corrected chi connectivity index (χ2v) is 5.46. The van der Waals surface area contributed by atoms with Gasteiger partial charge < -0.3 is 14.2 Å². The molecule has 1 aliphatic rings. The molecule has 0 spiro atoms. The predicted octanol–water partition coefficient (Wildman–Crippen LogP) is 0.995. The highest BCUT2D eigenvalue weighted by Crippen LogP contribution is 2.32. The van der Waals surface area contributed by atoms with Gasteiger partial charge in [0.15, 0.2) is 12.4 Å². The van der Waals surface area contributed by atoms with Crippen molar-refractivity contribution in [3.63, 3.8) is 0 Å². The van der Waals surface area contributed by atoms with Gasteiger partial charge in [0, 0.05) is 24.7 Å². The maximum Gasteiger partial charge on any atom is 0.285 e. The van der Waals surface area contributed by atoms with Crippen molar-refractivity contribution < 1.29 is 19.2 Å². The molecule has 0 saturated heterocycles. The molecule has 2 heterocycles. The van der Waals surface area contributed by atoms with Crippen molar-refractivity contribution in [2.45, 2.75) is 6.54 Å². The smallest absolute Gasteiger partial charge is 0.285 e. The van der Waals surface area contributed by atoms with E-state index in [1.165, 1.54) is 17.0 Å². The lowest BCUT2D eigenvalue weighted by molar-refractivity contribution is -0.385. The Morgan fingerprint density at radius 1 is 1.28 bits per heavy atom. The molecule has 0 atom stereocenters. The van der Waals surface area contributed by atoms with Crippen LogP contribution in [0, 0.1) is 10.1 Å². The van der Waals surface area contributed by atoms with Gasteiger partial charge >= 0.3 is 0 Å². The standard InChI is InChI=1S/C16H13N3O6/c1-17-12-6-10(2-4-14(12)25-9-16(17)22)13(20)8-18-7-11(19(23)24)3-5-15(18)21/h2-7H,8-9H2,1H3. The van der Waals surface area contributed by atoms with Gasteiger partial charge in [-0.1, -0.05) is 0 Å². The first-order chi connectivity index (χ1) is 11.9. The second-order valence-electron chi connectivity index (χ2n) is 5.46. The lowest BCUT2D eigenvalue weighted by Gasteiger charge is -2.26. The van der Waals surface area contributed by atoms with Crippen molar-refractivity contribution in [1.82, 2.24) is 4.57 Å². The number of hydrogen-bond donors (Lipinski definition) is 0. The number of anilines is 1. The lowest BCUT2D eigenvalue weighted by Crippen LogP contribution is -2.35. The first-order valence-electron chi connectivity index (χ1n) is 7.28. The number of amides is 1. The minimum absolute atomic E-state index is 0.0696. The molecular formula is C16H13N3O6. The zero-order valence-corrected chi connectivity index (χ0v) is 13.2. The molecule has 0 unspecified atom stereocenters. The van der Waals surface area contributed by atoms with E-state index in [1.54, 1.807) is 13.1 Å². The van der Waals surface area contributed by atoms with Gasteiger partial charge in [0.25, 0.3) is 17.2 Å². The molecule has 0 bridgehead atoms. The molecular weight excluding hydrogens is 330 g/mol. The first-order valence-corrected chi connectivity index (χ1v) is 7.28. The molecule has 0 radical (unpaired) electrons. The summed E-state index contributed by atoms with van der Waals surface area (Å²) in [6.45, 7) is -0.419. The van der Waals surface area contributed by atoms with E-state index in [0.29, 0.717) is 11.4 Å². The van der Waals surface area contributed by atoms with E-state index in [1.807, 2.05) is 0 Å². The number of likely N-dealkylation sites (N-methyl/N-ethyl adjacent to an activating group) is 1. The first kappa shape index (κ1) is 16.4. The molecule has 1 amide bonds. The number of nitrogens with zero attached hydrogens (tertiary/aromatic N) is 3. The van der Waals surface area contributed by atoms with Crippen LogP contribution in [0.25, 0.3) is 0 Å². The highest BCUT2D eigenvalue weighted by Gasteiger charge is 2.23. The van der Waals surface area contributed by atoms with E-state index in [-0.39, 0.29) is 30.3 Å². The van der Waals surface area contributed by atoms with Crippen molar-refractivity contribution in [3.8, 4) is 5.75 Å². The van der Waals surface area contributed by atoms with Crippen LogP contribution >= 0.6 is 0 Å². The number of benzene rings is 1. The summed E-state index contributed by atoms with van der Waals surface area (Å²) in [7, 11) is 1.57. The third-order valence-corrected chi connectivity index (χ3v) is 3.86. The molecule has 9 heteroatoms. The number of ketones is 1. The minimum atomic E-state index is -0.642. The Labute approximate surface area is 141 Å². The Morgan fingerprint density at radius 3 is 2.76 bits per heavy atom. The largest absolute Gasteiger partial charge is 0.482 e. The van der Waals surface area contributed by atoms with Gasteiger partial charge in [-0.05, 0) is 18.2 Å². The van der Waals surface area contributed by atoms with E-state index in [2.05, 4.69) is 0 Å². The summed E-state index contributed by atoms with van der Waals surface area (Å²) in [6.07, 6.45) is 1.03. The van der Waals surface area contributed by atoms with Crippen molar-refractivity contribution in [1.29, 1.82) is 0 Å². The molecule has 128 valence electrons.